The zero-order chi connectivity index (χ0) is 14.5. The molecule has 1 aliphatic heterocycles. The first-order valence-corrected chi connectivity index (χ1v) is 7.81. The summed E-state index contributed by atoms with van der Waals surface area (Å²) in [5.74, 6) is 0.262. The van der Waals surface area contributed by atoms with Gasteiger partial charge < -0.3 is 9.47 Å². The van der Waals surface area contributed by atoms with Crippen LogP contribution >= 0.6 is 11.3 Å². The molecule has 0 aromatic carbocycles. The number of aromatic nitrogens is 1. The predicted molar refractivity (Wildman–Crippen MR) is 77.9 cm³/mol. The van der Waals surface area contributed by atoms with Crippen molar-refractivity contribution in [2.75, 3.05) is 26.8 Å². The van der Waals surface area contributed by atoms with Crippen LogP contribution in [0.25, 0.3) is 0 Å². The molecule has 0 saturated carbocycles. The number of thiazole rings is 1. The maximum absolute atomic E-state index is 11.3. The molecule has 1 unspecified atom stereocenters. The van der Waals surface area contributed by atoms with Gasteiger partial charge in [-0.05, 0) is 0 Å². The number of ether oxygens (including phenoxy) is 2. The summed E-state index contributed by atoms with van der Waals surface area (Å²) in [6.07, 6.45) is 0.251. The third kappa shape index (κ3) is 4.26. The lowest BCUT2D eigenvalue weighted by Gasteiger charge is -2.31. The van der Waals surface area contributed by atoms with Crippen LogP contribution in [0.15, 0.2) is 5.38 Å². The number of carbonyl (C=O) groups is 1. The first kappa shape index (κ1) is 15.4. The second-order valence-corrected chi connectivity index (χ2v) is 6.23. The Kier molecular flexibility index (Phi) is 5.51. The molecule has 0 radical (unpaired) electrons. The van der Waals surface area contributed by atoms with Gasteiger partial charge in [0.1, 0.15) is 0 Å². The standard InChI is InChI=1S/C14H22N2O3S/c1-10(2)14-15-11(9-20-14)7-16-4-5-19-12(8-16)6-13(17)18-3/h9-10,12H,4-8H2,1-3H3. The molecule has 2 rings (SSSR count). The van der Waals surface area contributed by atoms with E-state index in [4.69, 9.17) is 4.74 Å². The summed E-state index contributed by atoms with van der Waals surface area (Å²) in [6.45, 7) is 7.43. The van der Waals surface area contributed by atoms with Crippen molar-refractivity contribution in [2.24, 2.45) is 0 Å². The van der Waals surface area contributed by atoms with E-state index < -0.39 is 0 Å². The maximum atomic E-state index is 11.3. The van der Waals surface area contributed by atoms with Crippen molar-refractivity contribution in [2.45, 2.75) is 38.8 Å². The van der Waals surface area contributed by atoms with Crippen molar-refractivity contribution in [3.63, 3.8) is 0 Å². The summed E-state index contributed by atoms with van der Waals surface area (Å²) >= 11 is 1.72. The number of carbonyl (C=O) groups excluding carboxylic acids is 1. The Morgan fingerprint density at radius 2 is 2.45 bits per heavy atom. The highest BCUT2D eigenvalue weighted by Crippen LogP contribution is 2.21. The predicted octanol–water partition coefficient (Wildman–Crippen LogP) is 2.03. The number of hydrogen-bond donors (Lipinski definition) is 0. The van der Waals surface area contributed by atoms with Crippen molar-refractivity contribution in [3.05, 3.63) is 16.1 Å². The van der Waals surface area contributed by atoms with E-state index in [1.807, 2.05) is 0 Å². The minimum Gasteiger partial charge on any atom is -0.469 e. The molecule has 1 aromatic heterocycles. The largest absolute Gasteiger partial charge is 0.469 e. The summed E-state index contributed by atoms with van der Waals surface area (Å²) < 4.78 is 10.3. The van der Waals surface area contributed by atoms with Crippen LogP contribution in [0.5, 0.6) is 0 Å². The molecule has 5 nitrogen and oxygen atoms in total. The Balaban J connectivity index is 1.87. The van der Waals surface area contributed by atoms with Gasteiger partial charge >= 0.3 is 5.97 Å². The fraction of sp³-hybridized carbons (Fsp3) is 0.714. The fourth-order valence-electron chi connectivity index (χ4n) is 2.21. The number of nitrogens with zero attached hydrogens (tertiary/aromatic N) is 2. The van der Waals surface area contributed by atoms with Gasteiger partial charge in [-0.25, -0.2) is 4.98 Å². The van der Waals surface area contributed by atoms with Gasteiger partial charge in [-0.1, -0.05) is 13.8 Å². The molecule has 6 heteroatoms. The summed E-state index contributed by atoms with van der Waals surface area (Å²) in [6, 6.07) is 0. The van der Waals surface area contributed by atoms with Crippen molar-refractivity contribution in [1.82, 2.24) is 9.88 Å². The quantitative estimate of drug-likeness (QED) is 0.779. The van der Waals surface area contributed by atoms with Gasteiger partial charge in [0.05, 0.1) is 36.9 Å². The van der Waals surface area contributed by atoms with Crippen molar-refractivity contribution >= 4 is 17.3 Å². The third-order valence-electron chi connectivity index (χ3n) is 3.29. The lowest BCUT2D eigenvalue weighted by atomic mass is 10.2. The van der Waals surface area contributed by atoms with Gasteiger partial charge in [0.2, 0.25) is 0 Å². The Hall–Kier alpha value is -0.980. The third-order valence-corrected chi connectivity index (χ3v) is 4.49. The fourth-order valence-corrected chi connectivity index (χ4v) is 3.03. The molecule has 1 atom stereocenters. The Morgan fingerprint density at radius 3 is 3.10 bits per heavy atom. The van der Waals surface area contributed by atoms with Crippen LogP contribution in [0.4, 0.5) is 0 Å². The SMILES string of the molecule is COC(=O)CC1CN(Cc2csc(C(C)C)n2)CCO1. The van der Waals surface area contributed by atoms with E-state index in [1.165, 1.54) is 12.1 Å². The summed E-state index contributed by atoms with van der Waals surface area (Å²) in [4.78, 5) is 18.2. The topological polar surface area (TPSA) is 51.7 Å². The van der Waals surface area contributed by atoms with E-state index in [2.05, 4.69) is 33.8 Å². The van der Waals surface area contributed by atoms with E-state index in [-0.39, 0.29) is 12.1 Å². The van der Waals surface area contributed by atoms with Crippen LogP contribution in [0.3, 0.4) is 0 Å². The zero-order valence-electron chi connectivity index (χ0n) is 12.3. The van der Waals surface area contributed by atoms with Gasteiger partial charge in [-0.15, -0.1) is 11.3 Å². The molecule has 1 saturated heterocycles. The van der Waals surface area contributed by atoms with E-state index >= 15 is 0 Å². The molecule has 112 valence electrons. The molecule has 1 fully saturated rings. The molecule has 0 spiro atoms. The molecular weight excluding hydrogens is 276 g/mol. The monoisotopic (exact) mass is 298 g/mol. The highest BCUT2D eigenvalue weighted by atomic mass is 32.1. The minimum absolute atomic E-state index is 0.0700. The van der Waals surface area contributed by atoms with Crippen molar-refractivity contribution in [1.29, 1.82) is 0 Å². The van der Waals surface area contributed by atoms with Gasteiger partial charge in [-0.3, -0.25) is 9.69 Å². The Labute approximate surface area is 123 Å². The summed E-state index contributed by atoms with van der Waals surface area (Å²) in [5, 5.41) is 3.31. The molecule has 0 bridgehead atoms. The molecule has 2 heterocycles. The van der Waals surface area contributed by atoms with Crippen LogP contribution < -0.4 is 0 Å². The molecule has 0 amide bonds. The van der Waals surface area contributed by atoms with Crippen LogP contribution in [0.2, 0.25) is 0 Å². The smallest absolute Gasteiger partial charge is 0.308 e. The average Bonchev–Trinajstić information content (AvgIpc) is 2.87. The zero-order valence-corrected chi connectivity index (χ0v) is 13.1. The molecular formula is C14H22N2O3S. The summed E-state index contributed by atoms with van der Waals surface area (Å²) in [7, 11) is 1.41. The lowest BCUT2D eigenvalue weighted by molar-refractivity contribution is -0.145. The molecule has 1 aromatic rings. The van der Waals surface area contributed by atoms with Gasteiger partial charge in [0.25, 0.3) is 0 Å². The molecule has 1 aliphatic rings. The van der Waals surface area contributed by atoms with Gasteiger partial charge in [0.15, 0.2) is 0 Å². The van der Waals surface area contributed by atoms with Crippen molar-refractivity contribution in [3.8, 4) is 0 Å². The molecule has 0 aliphatic carbocycles. The number of rotatable bonds is 5. The maximum Gasteiger partial charge on any atom is 0.308 e. The van der Waals surface area contributed by atoms with E-state index in [0.717, 1.165) is 25.3 Å². The van der Waals surface area contributed by atoms with Crippen LogP contribution in [0.1, 0.15) is 36.9 Å². The van der Waals surface area contributed by atoms with E-state index in [9.17, 15) is 4.79 Å². The first-order valence-electron chi connectivity index (χ1n) is 6.93. The van der Waals surface area contributed by atoms with Gasteiger partial charge in [-0.2, -0.15) is 0 Å². The van der Waals surface area contributed by atoms with Crippen LogP contribution in [-0.2, 0) is 20.8 Å². The van der Waals surface area contributed by atoms with Crippen molar-refractivity contribution < 1.29 is 14.3 Å². The van der Waals surface area contributed by atoms with E-state index in [0.29, 0.717) is 18.9 Å². The Bertz CT molecular complexity index is 447. The highest BCUT2D eigenvalue weighted by molar-refractivity contribution is 7.09. The number of methoxy groups -OCH3 is 1. The number of hydrogen-bond acceptors (Lipinski definition) is 6. The second kappa shape index (κ2) is 7.15. The normalized spacial score (nSPS) is 20.3. The van der Waals surface area contributed by atoms with Crippen LogP contribution in [-0.4, -0.2) is 48.8 Å². The van der Waals surface area contributed by atoms with Gasteiger partial charge in [0, 0.05) is 30.9 Å². The first-order chi connectivity index (χ1) is 9.58. The lowest BCUT2D eigenvalue weighted by Crippen LogP contribution is -2.42. The number of esters is 1. The molecule has 0 N–H and O–H groups in total. The van der Waals surface area contributed by atoms with Crippen LogP contribution in [0, 0.1) is 0 Å². The highest BCUT2D eigenvalue weighted by Gasteiger charge is 2.23. The second-order valence-electron chi connectivity index (χ2n) is 5.34. The summed E-state index contributed by atoms with van der Waals surface area (Å²) in [5.41, 5.74) is 1.11. The minimum atomic E-state index is -0.215. The average molecular weight is 298 g/mol. The van der Waals surface area contributed by atoms with E-state index in [1.54, 1.807) is 11.3 Å². The molecule has 20 heavy (non-hydrogen) atoms. The Morgan fingerprint density at radius 1 is 1.65 bits per heavy atom. The number of morpholine rings is 1.